The van der Waals surface area contributed by atoms with Crippen LogP contribution in [0.15, 0.2) is 24.3 Å². The topological polar surface area (TPSA) is 637 Å². The van der Waals surface area contributed by atoms with Crippen molar-refractivity contribution in [3.63, 3.8) is 0 Å². The average Bonchev–Trinajstić information content (AvgIpc) is 4.03. The molecule has 12 atom stereocenters. The summed E-state index contributed by atoms with van der Waals surface area (Å²) in [6.07, 6.45) is 4.19. The van der Waals surface area contributed by atoms with Gasteiger partial charge in [-0.1, -0.05) is 39.8 Å². The van der Waals surface area contributed by atoms with Crippen LogP contribution >= 0.6 is 11.8 Å². The van der Waals surface area contributed by atoms with Gasteiger partial charge >= 0.3 is 59.7 Å². The van der Waals surface area contributed by atoms with E-state index in [-0.39, 0.29) is 49.1 Å². The molecule has 2 rings (SSSR count). The first-order valence-corrected chi connectivity index (χ1v) is 29.4. The molecule has 1 aliphatic rings. The fourth-order valence-corrected chi connectivity index (χ4v) is 7.07. The molecule has 0 unspecified atom stereocenters. The molecule has 29 N–H and O–H groups in total. The molecule has 1 aromatic carbocycles. The van der Waals surface area contributed by atoms with Crippen molar-refractivity contribution < 1.29 is 86.6 Å². The number of hydrogen-bond donors (Lipinski definition) is 18. The summed E-state index contributed by atoms with van der Waals surface area (Å²) in [5.41, 5.74) is 61.2. The number of carboxylic acid groups (broad SMARTS) is 2. The van der Waals surface area contributed by atoms with E-state index in [0.29, 0.717) is 50.1 Å². The number of esters is 8. The lowest BCUT2D eigenvalue weighted by molar-refractivity contribution is -0.166. The Labute approximate surface area is 515 Å². The van der Waals surface area contributed by atoms with E-state index in [9.17, 15) is 47.9 Å². The summed E-state index contributed by atoms with van der Waals surface area (Å²) in [7, 11) is 0. The third kappa shape index (κ3) is 37.5. The SMILES string of the molecule is CC(C)C[C@H](N)C(=O)Oc1ccc(C[C@H](N)C(=O)OC[C@H](N)C(=O)O)cc1.CC(C)[C@H](N)C(=O)O[C@H](C)[C@H](N)C(=O)O.CSCC[C@H](N)C(=O)OC(=O)[C@@H]1CCCN1.C[C@@H](OC(=O)[C@@H](N)CCCNC(=N)N)[C@H](N)C(=O)OC(=O)[C@@H](N)CCCNC(=N)N. The normalized spacial score (nSPS) is 16.2. The van der Waals surface area contributed by atoms with Gasteiger partial charge in [0, 0.05) is 13.1 Å². The summed E-state index contributed by atoms with van der Waals surface area (Å²) in [5.74, 6) is -7.36. The summed E-state index contributed by atoms with van der Waals surface area (Å²) in [6, 6.07) is -2.93. The van der Waals surface area contributed by atoms with Crippen LogP contribution in [0.1, 0.15) is 98.5 Å². The lowest BCUT2D eigenvalue weighted by Gasteiger charge is -2.21. The lowest BCUT2D eigenvalue weighted by Crippen LogP contribution is -2.48. The first-order chi connectivity index (χ1) is 41.0. The van der Waals surface area contributed by atoms with Crippen molar-refractivity contribution in [2.24, 2.45) is 74.9 Å². The third-order valence-electron chi connectivity index (χ3n) is 12.1. The summed E-state index contributed by atoms with van der Waals surface area (Å²) in [6.45, 7) is 11.3. The van der Waals surface area contributed by atoms with Crippen molar-refractivity contribution in [3.8, 4) is 5.75 Å². The number of aliphatic carboxylic acids is 2. The number of nitrogens with two attached hydrogens (primary N) is 11. The molecule has 0 bridgehead atoms. The summed E-state index contributed by atoms with van der Waals surface area (Å²) >= 11 is 1.61. The second kappa shape index (κ2) is 45.1. The number of nitrogens with one attached hydrogen (secondary N) is 5. The van der Waals surface area contributed by atoms with Gasteiger partial charge in [-0.25, -0.2) is 24.0 Å². The van der Waals surface area contributed by atoms with Crippen molar-refractivity contribution >= 4 is 83.4 Å². The Hall–Kier alpha value is -7.19. The van der Waals surface area contributed by atoms with E-state index in [4.69, 9.17) is 108 Å². The molecule has 1 saturated heterocycles. The van der Waals surface area contributed by atoms with Gasteiger partial charge in [0.2, 0.25) is 0 Å². The van der Waals surface area contributed by atoms with E-state index in [1.54, 1.807) is 49.9 Å². The van der Waals surface area contributed by atoms with Crippen LogP contribution in [0.2, 0.25) is 0 Å². The number of benzene rings is 1. The minimum absolute atomic E-state index is 0.0641. The molecule has 0 spiro atoms. The van der Waals surface area contributed by atoms with Crippen molar-refractivity contribution in [1.82, 2.24) is 16.0 Å². The standard InChI is InChI=1S/C18H27N3O6.C16H33N9O5.C10H18N2O3S.C9H18N2O4/c1-10(2)7-13(19)18(25)27-12-5-3-11(4-6-12)8-14(20)17(24)26-9-15(21)16(22)23;1-8(29-12(26)9(17)4-2-6-24-15(20)21)11(19)14(28)30-13(27)10(18)5-3-7-25-16(22)23;1-16-6-4-7(11)9(13)15-10(14)8-3-2-5-12-8;1-4(2)6(10)9(14)15-5(3)7(11)8(12)13/h3-6,10,13-15H,7-9,19-21H2,1-2H3,(H,22,23);8-11H,2-7,17-19H2,1H3,(H4,20,21,24)(H4,22,23,25);7-8,12H,2-6,11H2,1H3;4-7H,10-11H2,1-3H3,(H,12,13)/t13-,14-,15-;8-,9+,10+,11+;7-,8-;5-,6+,7+/m0101/s1. The van der Waals surface area contributed by atoms with Crippen LogP contribution < -0.4 is 83.8 Å². The number of thioether (sulfide) groups is 1. The maximum Gasteiger partial charge on any atom is 0.334 e. The van der Waals surface area contributed by atoms with E-state index < -0.39 is 133 Å². The van der Waals surface area contributed by atoms with Gasteiger partial charge in [0.15, 0.2) is 11.9 Å². The fraction of sp³-hybridized carbons (Fsp3) is 0.660. The van der Waals surface area contributed by atoms with Crippen LogP contribution in [0.25, 0.3) is 0 Å². The predicted octanol–water partition coefficient (Wildman–Crippen LogP) is -4.51. The minimum atomic E-state index is -1.41. The number of carbonyl (C=O) groups is 10. The van der Waals surface area contributed by atoms with Crippen LogP contribution in [0.5, 0.6) is 5.75 Å². The van der Waals surface area contributed by atoms with Gasteiger partial charge in [-0.2, -0.15) is 11.8 Å². The van der Waals surface area contributed by atoms with E-state index in [2.05, 4.69) is 20.7 Å². The number of rotatable bonds is 33. The highest BCUT2D eigenvalue weighted by Crippen LogP contribution is 2.16. The Morgan fingerprint density at radius 2 is 1.10 bits per heavy atom. The van der Waals surface area contributed by atoms with Gasteiger partial charge in [-0.15, -0.1) is 0 Å². The minimum Gasteiger partial charge on any atom is -0.480 e. The van der Waals surface area contributed by atoms with Crippen molar-refractivity contribution in [1.29, 1.82) is 10.8 Å². The average molecular weight is 1280 g/mol. The maximum absolute atomic E-state index is 12.0. The number of ether oxygens (including phenoxy) is 6. The quantitative estimate of drug-likeness (QED) is 0.00600. The number of carboxylic acids is 2. The largest absolute Gasteiger partial charge is 0.480 e. The Morgan fingerprint density at radius 3 is 1.57 bits per heavy atom. The molecule has 1 heterocycles. The highest BCUT2D eigenvalue weighted by atomic mass is 32.2. The lowest BCUT2D eigenvalue weighted by atomic mass is 10.0. The van der Waals surface area contributed by atoms with Gasteiger partial charge in [0.1, 0.15) is 85.0 Å². The molecule has 0 amide bonds. The molecule has 502 valence electrons. The summed E-state index contributed by atoms with van der Waals surface area (Å²) in [5, 5.41) is 39.3. The zero-order valence-electron chi connectivity index (χ0n) is 51.0. The van der Waals surface area contributed by atoms with E-state index in [1.165, 1.54) is 13.8 Å². The Morgan fingerprint density at radius 1 is 0.602 bits per heavy atom. The fourth-order valence-electron chi connectivity index (χ4n) is 6.58. The molecule has 88 heavy (non-hydrogen) atoms. The molecule has 0 radical (unpaired) electrons. The number of carbonyl (C=O) groups excluding carboxylic acids is 8. The third-order valence-corrected chi connectivity index (χ3v) is 12.8. The molecule has 0 saturated carbocycles. The maximum atomic E-state index is 12.0. The van der Waals surface area contributed by atoms with Crippen LogP contribution in [0.4, 0.5) is 0 Å². The van der Waals surface area contributed by atoms with Crippen molar-refractivity contribution in [2.75, 3.05) is 38.2 Å². The van der Waals surface area contributed by atoms with E-state index >= 15 is 0 Å². The molecule has 34 nitrogen and oxygen atoms in total. The van der Waals surface area contributed by atoms with E-state index in [1.807, 2.05) is 20.1 Å². The molecular formula is C53H96N16O18S. The predicted molar refractivity (Wildman–Crippen MR) is 324 cm³/mol. The second-order valence-electron chi connectivity index (χ2n) is 20.8. The van der Waals surface area contributed by atoms with Crippen LogP contribution in [0, 0.1) is 22.7 Å². The molecule has 1 aliphatic heterocycles. The Bertz CT molecular complexity index is 2370. The zero-order chi connectivity index (χ0) is 68.0. The second-order valence-corrected chi connectivity index (χ2v) is 21.8. The monoisotopic (exact) mass is 1280 g/mol. The highest BCUT2D eigenvalue weighted by Gasteiger charge is 2.32. The van der Waals surface area contributed by atoms with Crippen molar-refractivity contribution in [3.05, 3.63) is 29.8 Å². The first kappa shape index (κ1) is 82.9. The van der Waals surface area contributed by atoms with Gasteiger partial charge in [-0.05, 0) is 120 Å². The first-order valence-electron chi connectivity index (χ1n) is 28.0. The summed E-state index contributed by atoms with van der Waals surface area (Å²) < 4.78 is 29.2. The van der Waals surface area contributed by atoms with Crippen LogP contribution in [-0.2, 0) is 78.1 Å². The molecule has 0 aliphatic carbocycles. The Kier molecular flexibility index (Phi) is 42.5. The molecule has 1 aromatic rings. The summed E-state index contributed by atoms with van der Waals surface area (Å²) in [4.78, 5) is 115. The molecule has 0 aromatic heterocycles. The van der Waals surface area contributed by atoms with Crippen molar-refractivity contribution in [2.45, 2.75) is 172 Å². The van der Waals surface area contributed by atoms with Gasteiger partial charge < -0.3 is 118 Å². The van der Waals surface area contributed by atoms with Gasteiger partial charge in [0.05, 0.1) is 0 Å². The highest BCUT2D eigenvalue weighted by molar-refractivity contribution is 7.98. The zero-order valence-corrected chi connectivity index (χ0v) is 51.8. The smallest absolute Gasteiger partial charge is 0.334 e. The Balaban J connectivity index is 0. The van der Waals surface area contributed by atoms with Crippen LogP contribution in [-0.4, -0.2) is 193 Å². The molecular weight excluding hydrogens is 1180 g/mol. The van der Waals surface area contributed by atoms with Gasteiger partial charge in [0.25, 0.3) is 0 Å². The number of guanidine groups is 2. The van der Waals surface area contributed by atoms with E-state index in [0.717, 1.165) is 25.1 Å². The number of hydrogen-bond acceptors (Lipinski definition) is 29. The molecule has 1 fully saturated rings. The molecule has 35 heteroatoms. The van der Waals surface area contributed by atoms with Crippen LogP contribution in [0.3, 0.4) is 0 Å². The van der Waals surface area contributed by atoms with Gasteiger partial charge in [-0.3, -0.25) is 34.8 Å².